The van der Waals surface area contributed by atoms with E-state index >= 15 is 0 Å². The Hall–Kier alpha value is -0.380. The van der Waals surface area contributed by atoms with Crippen molar-refractivity contribution in [3.63, 3.8) is 0 Å². The molecule has 3 nitrogen and oxygen atoms in total. The monoisotopic (exact) mass is 460 g/mol. The maximum atomic E-state index is 11.2. The second-order valence-electron chi connectivity index (χ2n) is 13.7. The molecule has 0 radical (unpaired) electrons. The third kappa shape index (κ3) is 4.73. The predicted octanol–water partition coefficient (Wildman–Crippen LogP) is 6.50. The van der Waals surface area contributed by atoms with Gasteiger partial charge in [0.25, 0.3) is 0 Å². The van der Waals surface area contributed by atoms with Crippen LogP contribution in [-0.4, -0.2) is 33.6 Å². The molecule has 3 fully saturated rings. The van der Waals surface area contributed by atoms with E-state index in [0.717, 1.165) is 48.3 Å². The Labute approximate surface area is 203 Å². The van der Waals surface area contributed by atoms with E-state index in [0.29, 0.717) is 18.3 Å². The highest BCUT2D eigenvalue weighted by Gasteiger charge is 2.59. The fourth-order valence-corrected chi connectivity index (χ4v) is 9.41. The fraction of sp³-hybridized carbons (Fsp3) is 0.933. The van der Waals surface area contributed by atoms with Gasteiger partial charge in [0, 0.05) is 6.42 Å². The molecule has 9 atom stereocenters. The predicted molar refractivity (Wildman–Crippen MR) is 136 cm³/mol. The SMILES string of the molecule is CC(C)CCC[C@@H](C)[C@H]1CC[C@H]2[C@@H]3CC=C4CC(O)(CC(O)CO)CC[C@]4(C)[C@H]3CC[C@]12C. The number of fused-ring (bicyclic) bond motifs is 5. The number of allylic oxidation sites excluding steroid dienone is 1. The summed E-state index contributed by atoms with van der Waals surface area (Å²) in [7, 11) is 0. The lowest BCUT2D eigenvalue weighted by atomic mass is 9.46. The van der Waals surface area contributed by atoms with Crippen LogP contribution in [0.15, 0.2) is 11.6 Å². The van der Waals surface area contributed by atoms with Crippen molar-refractivity contribution >= 4 is 0 Å². The molecule has 0 saturated heterocycles. The summed E-state index contributed by atoms with van der Waals surface area (Å²) in [4.78, 5) is 0. The van der Waals surface area contributed by atoms with Gasteiger partial charge in [-0.2, -0.15) is 0 Å². The van der Waals surface area contributed by atoms with Crippen molar-refractivity contribution in [3.8, 4) is 0 Å². The Bertz CT molecular complexity index is 715. The van der Waals surface area contributed by atoms with E-state index in [4.69, 9.17) is 0 Å². The molecule has 0 aromatic rings. The van der Waals surface area contributed by atoms with Crippen molar-refractivity contribution < 1.29 is 15.3 Å². The molecule has 2 unspecified atom stereocenters. The number of hydrogen-bond acceptors (Lipinski definition) is 3. The third-order valence-electron chi connectivity index (χ3n) is 11.3. The summed E-state index contributed by atoms with van der Waals surface area (Å²) in [5.41, 5.74) is 1.32. The van der Waals surface area contributed by atoms with E-state index in [-0.39, 0.29) is 12.0 Å². The first-order valence-corrected chi connectivity index (χ1v) is 14.2. The molecule has 33 heavy (non-hydrogen) atoms. The van der Waals surface area contributed by atoms with Gasteiger partial charge in [0.15, 0.2) is 0 Å². The molecule has 190 valence electrons. The van der Waals surface area contributed by atoms with Crippen molar-refractivity contribution in [2.24, 2.45) is 46.3 Å². The van der Waals surface area contributed by atoms with Crippen LogP contribution in [0.5, 0.6) is 0 Å². The van der Waals surface area contributed by atoms with Crippen molar-refractivity contribution in [1.29, 1.82) is 0 Å². The van der Waals surface area contributed by atoms with Gasteiger partial charge in [-0.3, -0.25) is 0 Å². The van der Waals surface area contributed by atoms with Crippen LogP contribution >= 0.6 is 0 Å². The van der Waals surface area contributed by atoms with E-state index in [2.05, 4.69) is 40.7 Å². The molecule has 0 spiro atoms. The van der Waals surface area contributed by atoms with Gasteiger partial charge >= 0.3 is 0 Å². The highest BCUT2D eigenvalue weighted by molar-refractivity contribution is 5.27. The molecule has 0 bridgehead atoms. The summed E-state index contributed by atoms with van der Waals surface area (Å²) < 4.78 is 0. The largest absolute Gasteiger partial charge is 0.394 e. The number of aliphatic hydroxyl groups is 3. The minimum Gasteiger partial charge on any atom is -0.394 e. The molecule has 4 aliphatic carbocycles. The lowest BCUT2D eigenvalue weighted by molar-refractivity contribution is -0.0887. The van der Waals surface area contributed by atoms with Gasteiger partial charge < -0.3 is 15.3 Å². The zero-order chi connectivity index (χ0) is 24.0. The highest BCUT2D eigenvalue weighted by Crippen LogP contribution is 2.67. The van der Waals surface area contributed by atoms with Crippen LogP contribution in [0.1, 0.15) is 112 Å². The summed E-state index contributed by atoms with van der Waals surface area (Å²) in [5, 5.41) is 30.5. The van der Waals surface area contributed by atoms with Gasteiger partial charge in [0.1, 0.15) is 0 Å². The van der Waals surface area contributed by atoms with Crippen LogP contribution in [0.25, 0.3) is 0 Å². The van der Waals surface area contributed by atoms with Crippen LogP contribution in [0.3, 0.4) is 0 Å². The fourth-order valence-electron chi connectivity index (χ4n) is 9.41. The Kier molecular flexibility index (Phi) is 7.46. The van der Waals surface area contributed by atoms with Crippen LogP contribution < -0.4 is 0 Å². The van der Waals surface area contributed by atoms with Gasteiger partial charge in [0.2, 0.25) is 0 Å². The quantitative estimate of drug-likeness (QED) is 0.362. The Morgan fingerprint density at radius 3 is 2.45 bits per heavy atom. The first kappa shape index (κ1) is 25.7. The Balaban J connectivity index is 1.47. The van der Waals surface area contributed by atoms with Crippen molar-refractivity contribution in [1.82, 2.24) is 0 Å². The van der Waals surface area contributed by atoms with Crippen molar-refractivity contribution in [3.05, 3.63) is 11.6 Å². The molecule has 4 rings (SSSR count). The van der Waals surface area contributed by atoms with Crippen molar-refractivity contribution in [2.45, 2.75) is 123 Å². The maximum absolute atomic E-state index is 11.2. The van der Waals surface area contributed by atoms with Gasteiger partial charge in [0.05, 0.1) is 18.3 Å². The first-order valence-electron chi connectivity index (χ1n) is 14.2. The summed E-state index contributed by atoms with van der Waals surface area (Å²) >= 11 is 0. The molecule has 3 N–H and O–H groups in total. The molecular weight excluding hydrogens is 408 g/mol. The third-order valence-corrected chi connectivity index (χ3v) is 11.3. The van der Waals surface area contributed by atoms with E-state index in [9.17, 15) is 15.3 Å². The molecule has 0 aliphatic heterocycles. The van der Waals surface area contributed by atoms with Gasteiger partial charge in [-0.15, -0.1) is 0 Å². The van der Waals surface area contributed by atoms with Crippen LogP contribution in [0.4, 0.5) is 0 Å². The second-order valence-corrected chi connectivity index (χ2v) is 13.7. The normalized spacial score (nSPS) is 44.6. The van der Waals surface area contributed by atoms with Gasteiger partial charge in [-0.25, -0.2) is 0 Å². The molecule has 0 amide bonds. The molecule has 0 aromatic heterocycles. The standard InChI is InChI=1S/C30H52O3/c1-20(2)7-6-8-21(3)25-11-12-26-24-10-9-22-17-30(33,18-23(32)19-31)16-15-28(22,4)27(24)13-14-29(25,26)5/h9,20-21,23-27,31-33H,6-8,10-19H2,1-5H3/t21-,23?,24+,25-,26+,27+,28+,29-,30?/m1/s1. The van der Waals surface area contributed by atoms with Gasteiger partial charge in [-0.1, -0.05) is 65.5 Å². The lowest BCUT2D eigenvalue weighted by Crippen LogP contribution is -2.53. The van der Waals surface area contributed by atoms with Crippen LogP contribution in [0.2, 0.25) is 0 Å². The second kappa shape index (κ2) is 9.58. The Morgan fingerprint density at radius 1 is 1.00 bits per heavy atom. The van der Waals surface area contributed by atoms with E-state index in [1.54, 1.807) is 0 Å². The minimum absolute atomic E-state index is 0.210. The summed E-state index contributed by atoms with van der Waals surface area (Å²) in [6.45, 7) is 12.1. The molecule has 4 aliphatic rings. The zero-order valence-electron chi connectivity index (χ0n) is 22.2. The molecule has 0 heterocycles. The van der Waals surface area contributed by atoms with E-state index in [1.807, 2.05) is 0 Å². The first-order chi connectivity index (χ1) is 15.5. The lowest BCUT2D eigenvalue weighted by Gasteiger charge is -2.59. The van der Waals surface area contributed by atoms with Crippen LogP contribution in [-0.2, 0) is 0 Å². The average Bonchev–Trinajstić information content (AvgIpc) is 3.11. The van der Waals surface area contributed by atoms with E-state index in [1.165, 1.54) is 56.9 Å². The van der Waals surface area contributed by atoms with E-state index < -0.39 is 11.7 Å². The number of hydrogen-bond donors (Lipinski definition) is 3. The maximum Gasteiger partial charge on any atom is 0.0798 e. The average molecular weight is 461 g/mol. The topological polar surface area (TPSA) is 60.7 Å². The summed E-state index contributed by atoms with van der Waals surface area (Å²) in [6, 6.07) is 0. The number of rotatable bonds is 8. The molecular formula is C30H52O3. The van der Waals surface area contributed by atoms with Crippen LogP contribution in [0, 0.1) is 46.3 Å². The molecule has 3 heteroatoms. The summed E-state index contributed by atoms with van der Waals surface area (Å²) in [5.74, 6) is 4.98. The molecule has 0 aromatic carbocycles. The van der Waals surface area contributed by atoms with Crippen molar-refractivity contribution in [2.75, 3.05) is 6.61 Å². The van der Waals surface area contributed by atoms with Gasteiger partial charge in [-0.05, 0) is 97.7 Å². The minimum atomic E-state index is -0.854. The Morgan fingerprint density at radius 2 is 1.76 bits per heavy atom. The molecule has 3 saturated carbocycles. The summed E-state index contributed by atoms with van der Waals surface area (Å²) in [6.07, 6.45) is 15.4. The zero-order valence-corrected chi connectivity index (χ0v) is 22.2. The number of aliphatic hydroxyl groups excluding tert-OH is 2. The highest BCUT2D eigenvalue weighted by atomic mass is 16.3. The smallest absolute Gasteiger partial charge is 0.0798 e.